The van der Waals surface area contributed by atoms with Crippen LogP contribution < -0.4 is 10.1 Å². The number of benzene rings is 2. The SMILES string of the molecule is CC(Oc1ccccc1C(F)(F)F)C(=O)NCC1CCN(CCc2ccccc2)C1. The van der Waals surface area contributed by atoms with Gasteiger partial charge in [-0.3, -0.25) is 4.79 Å². The minimum absolute atomic E-state index is 0.333. The average molecular weight is 420 g/mol. The number of rotatable bonds is 8. The molecule has 0 saturated carbocycles. The number of nitrogens with one attached hydrogen (secondary N) is 1. The smallest absolute Gasteiger partial charge is 0.419 e. The summed E-state index contributed by atoms with van der Waals surface area (Å²) < 4.78 is 44.5. The number of para-hydroxylation sites is 1. The molecule has 1 N–H and O–H groups in total. The Labute approximate surface area is 175 Å². The van der Waals surface area contributed by atoms with Gasteiger partial charge in [0, 0.05) is 19.6 Å². The maximum absolute atomic E-state index is 13.1. The third-order valence-corrected chi connectivity index (χ3v) is 5.36. The van der Waals surface area contributed by atoms with Gasteiger partial charge >= 0.3 is 6.18 Å². The van der Waals surface area contributed by atoms with E-state index in [-0.39, 0.29) is 5.75 Å². The van der Waals surface area contributed by atoms with Crippen molar-refractivity contribution in [2.45, 2.75) is 32.0 Å². The Balaban J connectivity index is 1.42. The van der Waals surface area contributed by atoms with Crippen LogP contribution in [0.3, 0.4) is 0 Å². The number of carbonyl (C=O) groups is 1. The Bertz CT molecular complexity index is 827. The van der Waals surface area contributed by atoms with E-state index in [9.17, 15) is 18.0 Å². The summed E-state index contributed by atoms with van der Waals surface area (Å²) in [4.78, 5) is 14.7. The zero-order chi connectivity index (χ0) is 21.6. The summed E-state index contributed by atoms with van der Waals surface area (Å²) in [6, 6.07) is 15.2. The maximum atomic E-state index is 13.1. The molecule has 1 amide bonds. The highest BCUT2D eigenvalue weighted by molar-refractivity contribution is 5.80. The highest BCUT2D eigenvalue weighted by atomic mass is 19.4. The third kappa shape index (κ3) is 6.23. The van der Waals surface area contributed by atoms with Gasteiger partial charge in [0.25, 0.3) is 5.91 Å². The first-order chi connectivity index (χ1) is 14.3. The lowest BCUT2D eigenvalue weighted by Gasteiger charge is -2.20. The lowest BCUT2D eigenvalue weighted by atomic mass is 10.1. The summed E-state index contributed by atoms with van der Waals surface area (Å²) in [5, 5.41) is 2.83. The van der Waals surface area contributed by atoms with Gasteiger partial charge in [0.05, 0.1) is 5.56 Å². The summed E-state index contributed by atoms with van der Waals surface area (Å²) in [5.74, 6) is -0.408. The molecule has 7 heteroatoms. The van der Waals surface area contributed by atoms with E-state index in [1.807, 2.05) is 18.2 Å². The Morgan fingerprint density at radius 1 is 1.17 bits per heavy atom. The minimum atomic E-state index is -4.53. The summed E-state index contributed by atoms with van der Waals surface area (Å²) >= 11 is 0. The van der Waals surface area contributed by atoms with Crippen molar-refractivity contribution in [1.29, 1.82) is 0 Å². The number of ether oxygens (including phenoxy) is 1. The van der Waals surface area contributed by atoms with E-state index in [0.29, 0.717) is 12.5 Å². The van der Waals surface area contributed by atoms with Crippen molar-refractivity contribution in [2.75, 3.05) is 26.2 Å². The van der Waals surface area contributed by atoms with Crippen LogP contribution in [0.15, 0.2) is 54.6 Å². The van der Waals surface area contributed by atoms with Crippen LogP contribution in [-0.2, 0) is 17.4 Å². The molecule has 1 saturated heterocycles. The fraction of sp³-hybridized carbons (Fsp3) is 0.435. The number of hydrogen-bond donors (Lipinski definition) is 1. The first-order valence-corrected chi connectivity index (χ1v) is 10.2. The predicted molar refractivity (Wildman–Crippen MR) is 109 cm³/mol. The molecule has 2 aromatic rings. The Kier molecular flexibility index (Phi) is 7.37. The van der Waals surface area contributed by atoms with E-state index in [1.165, 1.54) is 30.7 Å². The molecule has 3 rings (SSSR count). The number of nitrogens with zero attached hydrogens (tertiary/aromatic N) is 1. The quantitative estimate of drug-likeness (QED) is 0.698. The van der Waals surface area contributed by atoms with E-state index >= 15 is 0 Å². The number of likely N-dealkylation sites (tertiary alicyclic amines) is 1. The monoisotopic (exact) mass is 420 g/mol. The van der Waals surface area contributed by atoms with Crippen LogP contribution >= 0.6 is 0 Å². The standard InChI is InChI=1S/C23H27F3N2O2/c1-17(30-21-10-6-5-9-20(21)23(24,25)26)22(29)27-15-19-12-14-28(16-19)13-11-18-7-3-2-4-8-18/h2-10,17,19H,11-16H2,1H3,(H,27,29). The fourth-order valence-corrected chi connectivity index (χ4v) is 3.65. The summed E-state index contributed by atoms with van der Waals surface area (Å²) in [7, 11) is 0. The molecule has 30 heavy (non-hydrogen) atoms. The molecule has 1 fully saturated rings. The van der Waals surface area contributed by atoms with E-state index in [1.54, 1.807) is 0 Å². The zero-order valence-corrected chi connectivity index (χ0v) is 17.0. The van der Waals surface area contributed by atoms with Crippen LogP contribution in [0.4, 0.5) is 13.2 Å². The maximum Gasteiger partial charge on any atom is 0.419 e. The summed E-state index contributed by atoms with van der Waals surface area (Å²) in [6.45, 7) is 4.82. The number of halogens is 3. The molecule has 0 spiro atoms. The molecule has 162 valence electrons. The molecule has 2 aromatic carbocycles. The van der Waals surface area contributed by atoms with Crippen molar-refractivity contribution < 1.29 is 22.7 Å². The number of carbonyl (C=O) groups excluding carboxylic acids is 1. The molecule has 0 aromatic heterocycles. The second-order valence-corrected chi connectivity index (χ2v) is 7.69. The molecular formula is C23H27F3N2O2. The van der Waals surface area contributed by atoms with Crippen molar-refractivity contribution >= 4 is 5.91 Å². The highest BCUT2D eigenvalue weighted by Crippen LogP contribution is 2.36. The lowest BCUT2D eigenvalue weighted by Crippen LogP contribution is -2.39. The van der Waals surface area contributed by atoms with E-state index in [4.69, 9.17) is 4.74 Å². The van der Waals surface area contributed by atoms with Gasteiger partial charge in [0.1, 0.15) is 5.75 Å². The van der Waals surface area contributed by atoms with Gasteiger partial charge in [-0.1, -0.05) is 42.5 Å². The number of amides is 1. The Hall–Kier alpha value is -2.54. The molecule has 1 aliphatic rings. The van der Waals surface area contributed by atoms with Crippen molar-refractivity contribution in [3.8, 4) is 5.75 Å². The van der Waals surface area contributed by atoms with Gasteiger partial charge in [-0.05, 0) is 49.9 Å². The minimum Gasteiger partial charge on any atom is -0.480 e. The van der Waals surface area contributed by atoms with Crippen molar-refractivity contribution in [3.05, 3.63) is 65.7 Å². The van der Waals surface area contributed by atoms with Crippen molar-refractivity contribution in [2.24, 2.45) is 5.92 Å². The Morgan fingerprint density at radius 3 is 2.60 bits per heavy atom. The van der Waals surface area contributed by atoms with Crippen LogP contribution in [0.5, 0.6) is 5.75 Å². The predicted octanol–water partition coefficient (Wildman–Crippen LogP) is 4.15. The van der Waals surface area contributed by atoms with E-state index in [2.05, 4.69) is 22.3 Å². The molecule has 0 aliphatic carbocycles. The van der Waals surface area contributed by atoms with Crippen molar-refractivity contribution in [1.82, 2.24) is 10.2 Å². The topological polar surface area (TPSA) is 41.6 Å². The van der Waals surface area contributed by atoms with Crippen molar-refractivity contribution in [3.63, 3.8) is 0 Å². The molecule has 0 bridgehead atoms. The lowest BCUT2D eigenvalue weighted by molar-refractivity contribution is -0.140. The third-order valence-electron chi connectivity index (χ3n) is 5.36. The van der Waals surface area contributed by atoms with Gasteiger partial charge in [-0.15, -0.1) is 0 Å². The van der Waals surface area contributed by atoms with Crippen LogP contribution in [0.25, 0.3) is 0 Å². The molecule has 2 unspecified atom stereocenters. The van der Waals surface area contributed by atoms with Gasteiger partial charge in [-0.2, -0.15) is 13.2 Å². The first-order valence-electron chi connectivity index (χ1n) is 10.2. The summed E-state index contributed by atoms with van der Waals surface area (Å²) in [6.07, 6.45) is -3.56. The molecule has 2 atom stereocenters. The van der Waals surface area contributed by atoms with Gasteiger partial charge in [-0.25, -0.2) is 0 Å². The van der Waals surface area contributed by atoms with Gasteiger partial charge in [0.15, 0.2) is 6.10 Å². The summed E-state index contributed by atoms with van der Waals surface area (Å²) in [5.41, 5.74) is 0.425. The van der Waals surface area contributed by atoms with Crippen LogP contribution in [0.1, 0.15) is 24.5 Å². The molecule has 0 radical (unpaired) electrons. The average Bonchev–Trinajstić information content (AvgIpc) is 3.18. The number of hydrogen-bond acceptors (Lipinski definition) is 3. The van der Waals surface area contributed by atoms with Crippen LogP contribution in [0.2, 0.25) is 0 Å². The second kappa shape index (κ2) is 9.98. The van der Waals surface area contributed by atoms with Crippen LogP contribution in [-0.4, -0.2) is 43.1 Å². The normalized spacial score (nSPS) is 18.2. The van der Waals surface area contributed by atoms with Crippen LogP contribution in [0, 0.1) is 5.92 Å². The molecule has 1 aliphatic heterocycles. The molecule has 1 heterocycles. The Morgan fingerprint density at radius 2 is 1.87 bits per heavy atom. The van der Waals surface area contributed by atoms with E-state index < -0.39 is 23.8 Å². The largest absolute Gasteiger partial charge is 0.480 e. The molecule has 4 nitrogen and oxygen atoms in total. The van der Waals surface area contributed by atoms with Gasteiger partial charge < -0.3 is 15.0 Å². The van der Waals surface area contributed by atoms with E-state index in [0.717, 1.165) is 38.5 Å². The highest BCUT2D eigenvalue weighted by Gasteiger charge is 2.35. The molecular weight excluding hydrogens is 393 g/mol. The fourth-order valence-electron chi connectivity index (χ4n) is 3.65. The first kappa shape index (κ1) is 22.2. The second-order valence-electron chi connectivity index (χ2n) is 7.69. The van der Waals surface area contributed by atoms with Gasteiger partial charge in [0.2, 0.25) is 0 Å². The zero-order valence-electron chi connectivity index (χ0n) is 17.0. The number of alkyl halides is 3.